The van der Waals surface area contributed by atoms with Crippen LogP contribution in [0.3, 0.4) is 0 Å². The minimum atomic E-state index is -0.187. The molecule has 136 valence electrons. The van der Waals surface area contributed by atoms with Gasteiger partial charge in [-0.05, 0) is 52.9 Å². The third-order valence-electron chi connectivity index (χ3n) is 5.14. The molecule has 0 radical (unpaired) electrons. The molecule has 1 N–H and O–H groups in total. The summed E-state index contributed by atoms with van der Waals surface area (Å²) in [5.41, 5.74) is 6.22. The Morgan fingerprint density at radius 1 is 0.964 bits per heavy atom. The van der Waals surface area contributed by atoms with E-state index in [1.165, 1.54) is 28.5 Å². The van der Waals surface area contributed by atoms with Gasteiger partial charge in [-0.2, -0.15) is 5.10 Å². The number of hydrogen-bond acceptors (Lipinski definition) is 3. The number of benzene rings is 3. The van der Waals surface area contributed by atoms with E-state index in [0.29, 0.717) is 10.9 Å². The van der Waals surface area contributed by atoms with Crippen LogP contribution in [-0.2, 0) is 17.8 Å². The van der Waals surface area contributed by atoms with Crippen LogP contribution in [0.1, 0.15) is 11.1 Å². The highest BCUT2D eigenvalue weighted by molar-refractivity contribution is 5.93. The first-order chi connectivity index (χ1) is 13.7. The molecular formula is C23H17N3O2. The number of nitrogens with zero attached hydrogens (tertiary/aromatic N) is 2. The van der Waals surface area contributed by atoms with Crippen molar-refractivity contribution in [3.05, 3.63) is 94.3 Å². The maximum atomic E-state index is 12.6. The van der Waals surface area contributed by atoms with Crippen LogP contribution in [0.15, 0.2) is 77.7 Å². The summed E-state index contributed by atoms with van der Waals surface area (Å²) < 4.78 is 1.55. The lowest BCUT2D eigenvalue weighted by molar-refractivity contribution is -0.116. The summed E-state index contributed by atoms with van der Waals surface area (Å²) in [6.45, 7) is 0.0362. The van der Waals surface area contributed by atoms with Crippen LogP contribution in [0, 0.1) is 0 Å². The Labute approximate surface area is 161 Å². The lowest BCUT2D eigenvalue weighted by atomic mass is 10.1. The van der Waals surface area contributed by atoms with E-state index in [-0.39, 0.29) is 17.9 Å². The molecule has 0 saturated carbocycles. The molecule has 0 bridgehead atoms. The van der Waals surface area contributed by atoms with E-state index in [4.69, 9.17) is 0 Å². The minimum Gasteiger partial charge on any atom is -0.324 e. The number of nitrogens with one attached hydrogen (secondary N) is 1. The summed E-state index contributed by atoms with van der Waals surface area (Å²) >= 11 is 0. The zero-order chi connectivity index (χ0) is 19.1. The maximum absolute atomic E-state index is 12.6. The number of aromatic nitrogens is 2. The molecule has 1 heterocycles. The summed E-state index contributed by atoms with van der Waals surface area (Å²) in [7, 11) is 0. The Hall–Kier alpha value is -3.73. The second-order valence-corrected chi connectivity index (χ2v) is 6.94. The topological polar surface area (TPSA) is 64.0 Å². The summed E-state index contributed by atoms with van der Waals surface area (Å²) in [6.07, 6.45) is 2.18. The normalized spacial score (nSPS) is 11.9. The van der Waals surface area contributed by atoms with Crippen LogP contribution in [-0.4, -0.2) is 15.7 Å². The average Bonchev–Trinajstić information content (AvgIpc) is 3.08. The first kappa shape index (κ1) is 16.4. The molecule has 4 aromatic rings. The van der Waals surface area contributed by atoms with Crippen molar-refractivity contribution < 1.29 is 4.79 Å². The highest BCUT2D eigenvalue weighted by Crippen LogP contribution is 2.37. The molecular weight excluding hydrogens is 350 g/mol. The largest absolute Gasteiger partial charge is 0.324 e. The molecule has 0 aliphatic heterocycles. The molecule has 0 atom stereocenters. The lowest BCUT2D eigenvalue weighted by Gasteiger charge is -2.11. The molecule has 0 spiro atoms. The molecule has 0 saturated heterocycles. The van der Waals surface area contributed by atoms with Gasteiger partial charge in [-0.25, -0.2) is 0 Å². The van der Waals surface area contributed by atoms with Gasteiger partial charge in [0.1, 0.15) is 6.54 Å². The molecule has 28 heavy (non-hydrogen) atoms. The SMILES string of the molecule is O=C(Cn1ncc(=O)c2ccccc21)Nc1ccc2c(c1)-c1ccccc1C2. The average molecular weight is 367 g/mol. The van der Waals surface area contributed by atoms with Gasteiger partial charge in [0.25, 0.3) is 0 Å². The number of amides is 1. The van der Waals surface area contributed by atoms with Crippen LogP contribution in [0.25, 0.3) is 22.0 Å². The first-order valence-corrected chi connectivity index (χ1v) is 9.15. The van der Waals surface area contributed by atoms with Crippen molar-refractivity contribution in [2.24, 2.45) is 0 Å². The van der Waals surface area contributed by atoms with E-state index in [1.807, 2.05) is 24.3 Å². The molecule has 3 aromatic carbocycles. The Morgan fingerprint density at radius 3 is 2.68 bits per heavy atom. The van der Waals surface area contributed by atoms with Crippen molar-refractivity contribution in [2.75, 3.05) is 5.32 Å². The fourth-order valence-electron chi connectivity index (χ4n) is 3.82. The van der Waals surface area contributed by atoms with E-state index in [2.05, 4.69) is 34.7 Å². The molecule has 5 heteroatoms. The van der Waals surface area contributed by atoms with Crippen LogP contribution in [0.2, 0.25) is 0 Å². The molecule has 0 fully saturated rings. The molecule has 1 aliphatic rings. The molecule has 0 unspecified atom stereocenters. The smallest absolute Gasteiger partial charge is 0.246 e. The summed E-state index contributed by atoms with van der Waals surface area (Å²) in [6, 6.07) is 21.5. The van der Waals surface area contributed by atoms with Gasteiger partial charge in [0.15, 0.2) is 0 Å². The standard InChI is InChI=1S/C23H17N3O2/c27-22-13-24-26(21-8-4-3-7-19(21)22)14-23(28)25-17-10-9-16-11-15-5-1-2-6-18(15)20(16)12-17/h1-10,12-13H,11,14H2,(H,25,28). The second kappa shape index (κ2) is 6.46. The predicted molar refractivity (Wildman–Crippen MR) is 109 cm³/mol. The van der Waals surface area contributed by atoms with Gasteiger partial charge in [-0.1, -0.05) is 42.5 Å². The number of anilines is 1. The van der Waals surface area contributed by atoms with Crippen molar-refractivity contribution in [1.29, 1.82) is 0 Å². The van der Waals surface area contributed by atoms with E-state index in [0.717, 1.165) is 12.1 Å². The molecule has 5 rings (SSSR count). The zero-order valence-electron chi connectivity index (χ0n) is 15.1. The number of carbonyl (C=O) groups is 1. The van der Waals surface area contributed by atoms with Gasteiger partial charge in [-0.3, -0.25) is 14.3 Å². The number of carbonyl (C=O) groups excluding carboxylic acids is 1. The molecule has 1 aliphatic carbocycles. The summed E-state index contributed by atoms with van der Waals surface area (Å²) in [4.78, 5) is 24.5. The summed E-state index contributed by atoms with van der Waals surface area (Å²) in [5, 5.41) is 7.63. The lowest BCUT2D eigenvalue weighted by Crippen LogP contribution is -2.22. The number of hydrogen-bond donors (Lipinski definition) is 1. The van der Waals surface area contributed by atoms with Gasteiger partial charge in [0.05, 0.1) is 11.7 Å². The van der Waals surface area contributed by atoms with Gasteiger partial charge < -0.3 is 5.32 Å². The van der Waals surface area contributed by atoms with Gasteiger partial charge in [0, 0.05) is 11.1 Å². The van der Waals surface area contributed by atoms with E-state index in [1.54, 1.807) is 22.9 Å². The van der Waals surface area contributed by atoms with Crippen molar-refractivity contribution in [3.63, 3.8) is 0 Å². The third kappa shape index (κ3) is 2.77. The van der Waals surface area contributed by atoms with Gasteiger partial charge in [-0.15, -0.1) is 0 Å². The van der Waals surface area contributed by atoms with E-state index < -0.39 is 0 Å². The maximum Gasteiger partial charge on any atom is 0.246 e. The summed E-state index contributed by atoms with van der Waals surface area (Å²) in [5.74, 6) is -0.187. The zero-order valence-corrected chi connectivity index (χ0v) is 15.1. The van der Waals surface area contributed by atoms with Crippen LogP contribution >= 0.6 is 0 Å². The quantitative estimate of drug-likeness (QED) is 0.530. The second-order valence-electron chi connectivity index (χ2n) is 6.94. The van der Waals surface area contributed by atoms with Crippen molar-refractivity contribution in [2.45, 2.75) is 13.0 Å². The Bertz CT molecular complexity index is 1290. The highest BCUT2D eigenvalue weighted by Gasteiger charge is 2.18. The minimum absolute atomic E-state index is 0.0362. The van der Waals surface area contributed by atoms with Crippen LogP contribution in [0.4, 0.5) is 5.69 Å². The Morgan fingerprint density at radius 2 is 1.75 bits per heavy atom. The number of fused-ring (bicyclic) bond motifs is 4. The van der Waals surface area contributed by atoms with Crippen LogP contribution in [0.5, 0.6) is 0 Å². The fourth-order valence-corrected chi connectivity index (χ4v) is 3.82. The monoisotopic (exact) mass is 367 g/mol. The molecule has 1 aromatic heterocycles. The fraction of sp³-hybridized carbons (Fsp3) is 0.0870. The van der Waals surface area contributed by atoms with Crippen molar-refractivity contribution in [1.82, 2.24) is 9.78 Å². The molecule has 5 nitrogen and oxygen atoms in total. The third-order valence-corrected chi connectivity index (χ3v) is 5.14. The predicted octanol–water partition coefficient (Wildman–Crippen LogP) is 3.61. The van der Waals surface area contributed by atoms with Crippen molar-refractivity contribution in [3.8, 4) is 11.1 Å². The highest BCUT2D eigenvalue weighted by atomic mass is 16.2. The molecule has 1 amide bonds. The first-order valence-electron chi connectivity index (χ1n) is 9.15. The van der Waals surface area contributed by atoms with Gasteiger partial charge in [0.2, 0.25) is 11.3 Å². The number of para-hydroxylation sites is 1. The Kier molecular flexibility index (Phi) is 3.79. The Balaban J connectivity index is 1.41. The van der Waals surface area contributed by atoms with E-state index in [9.17, 15) is 9.59 Å². The van der Waals surface area contributed by atoms with E-state index >= 15 is 0 Å². The number of rotatable bonds is 3. The van der Waals surface area contributed by atoms with Gasteiger partial charge >= 0.3 is 0 Å². The van der Waals surface area contributed by atoms with Crippen LogP contribution < -0.4 is 10.7 Å². The van der Waals surface area contributed by atoms with Crippen molar-refractivity contribution >= 4 is 22.5 Å².